The molecule has 0 aliphatic carbocycles. The number of alkyl halides is 3. The Balaban J connectivity index is 1.60. The Hall–Kier alpha value is -3.50. The number of aromatic nitrogens is 3. The summed E-state index contributed by atoms with van der Waals surface area (Å²) in [5.41, 5.74) is 3.41. The smallest absolute Gasteiger partial charge is 0.266 e. The second-order valence-corrected chi connectivity index (χ2v) is 8.12. The molecule has 11 heteroatoms. The second kappa shape index (κ2) is 9.16. The van der Waals surface area contributed by atoms with Gasteiger partial charge in [-0.05, 0) is 30.7 Å². The molecule has 1 N–H and O–H groups in total. The van der Waals surface area contributed by atoms with Crippen molar-refractivity contribution >= 4 is 34.6 Å². The van der Waals surface area contributed by atoms with Crippen LogP contribution >= 0.6 is 22.9 Å². The zero-order valence-corrected chi connectivity index (χ0v) is 18.5. The van der Waals surface area contributed by atoms with Crippen molar-refractivity contribution in [3.05, 3.63) is 88.0 Å². The molecule has 4 aromatic rings. The van der Waals surface area contributed by atoms with Crippen molar-refractivity contribution in [3.8, 4) is 16.4 Å². The van der Waals surface area contributed by atoms with Gasteiger partial charge in [0.2, 0.25) is 5.13 Å². The van der Waals surface area contributed by atoms with Crippen molar-refractivity contribution in [2.24, 2.45) is 5.10 Å². The highest BCUT2D eigenvalue weighted by Crippen LogP contribution is 2.33. The molecule has 1 amide bonds. The van der Waals surface area contributed by atoms with Crippen LogP contribution in [0.3, 0.4) is 0 Å². The van der Waals surface area contributed by atoms with E-state index in [0.717, 1.165) is 27.6 Å². The molecular weight excluding hydrogens is 475 g/mol. The number of thiazole rings is 1. The fourth-order valence-electron chi connectivity index (χ4n) is 2.89. The number of hydrazone groups is 1. The minimum atomic E-state index is -4.62. The number of rotatable bonds is 5. The summed E-state index contributed by atoms with van der Waals surface area (Å²) < 4.78 is 41.0. The van der Waals surface area contributed by atoms with Crippen molar-refractivity contribution in [2.75, 3.05) is 0 Å². The number of carbonyl (C=O) groups is 1. The first-order valence-electron chi connectivity index (χ1n) is 9.51. The first-order chi connectivity index (χ1) is 15.7. The molecule has 0 spiro atoms. The third kappa shape index (κ3) is 5.12. The molecule has 168 valence electrons. The van der Waals surface area contributed by atoms with Crippen molar-refractivity contribution in [1.82, 2.24) is 20.2 Å². The van der Waals surface area contributed by atoms with E-state index < -0.39 is 17.8 Å². The average Bonchev–Trinajstić information content (AvgIpc) is 3.46. The van der Waals surface area contributed by atoms with Crippen LogP contribution in [0.15, 0.2) is 71.1 Å². The van der Waals surface area contributed by atoms with Gasteiger partial charge in [0.15, 0.2) is 5.69 Å². The molecule has 4 rings (SSSR count). The predicted octanol–water partition coefficient (Wildman–Crippen LogP) is 5.82. The maximum Gasteiger partial charge on any atom is 0.435 e. The number of nitrogens with one attached hydrogen (secondary N) is 1. The van der Waals surface area contributed by atoms with E-state index in [1.807, 2.05) is 0 Å². The molecule has 0 saturated carbocycles. The number of amides is 1. The summed E-state index contributed by atoms with van der Waals surface area (Å²) in [5.74, 6) is -0.602. The maximum atomic E-state index is 13.3. The molecule has 0 aliphatic rings. The highest BCUT2D eigenvalue weighted by atomic mass is 35.5. The average molecular weight is 490 g/mol. The SMILES string of the molecule is CC(=NNC(=O)c1csc(-n2nc(C(F)(F)F)cc2-c2ccccc2)n1)c1ccc(Cl)cc1. The number of nitrogens with zero attached hydrogens (tertiary/aromatic N) is 4. The summed E-state index contributed by atoms with van der Waals surface area (Å²) in [6, 6.07) is 16.4. The van der Waals surface area contributed by atoms with Crippen LogP contribution in [0.4, 0.5) is 13.2 Å². The number of hydrogen-bond donors (Lipinski definition) is 1. The molecule has 2 aromatic carbocycles. The molecule has 2 aromatic heterocycles. The van der Waals surface area contributed by atoms with Crippen molar-refractivity contribution < 1.29 is 18.0 Å². The lowest BCUT2D eigenvalue weighted by molar-refractivity contribution is -0.141. The summed E-state index contributed by atoms with van der Waals surface area (Å²) in [7, 11) is 0. The third-order valence-corrected chi connectivity index (χ3v) is 5.63. The van der Waals surface area contributed by atoms with Gasteiger partial charge in [-0.1, -0.05) is 54.1 Å². The zero-order valence-electron chi connectivity index (χ0n) is 17.0. The topological polar surface area (TPSA) is 72.2 Å². The molecule has 0 fully saturated rings. The van der Waals surface area contributed by atoms with Crippen molar-refractivity contribution in [3.63, 3.8) is 0 Å². The molecule has 0 aliphatic heterocycles. The fourth-order valence-corrected chi connectivity index (χ4v) is 3.79. The standard InChI is InChI=1S/C22H15ClF3N5OS/c1-13(14-7-9-16(23)10-8-14)28-29-20(32)17-12-33-21(27-17)31-18(15-5-3-2-4-6-15)11-19(30-31)22(24,25)26/h2-12H,1H3,(H,29,32). The van der Waals surface area contributed by atoms with Gasteiger partial charge >= 0.3 is 6.18 Å². The Morgan fingerprint density at radius 2 is 1.82 bits per heavy atom. The molecule has 33 heavy (non-hydrogen) atoms. The van der Waals surface area contributed by atoms with E-state index in [4.69, 9.17) is 11.6 Å². The van der Waals surface area contributed by atoms with Crippen LogP contribution in [-0.4, -0.2) is 26.4 Å². The molecule has 0 bridgehead atoms. The van der Waals surface area contributed by atoms with Gasteiger partial charge in [-0.25, -0.2) is 15.1 Å². The molecule has 0 atom stereocenters. The Bertz CT molecular complexity index is 1310. The minimum Gasteiger partial charge on any atom is -0.266 e. The Labute approximate surface area is 195 Å². The maximum absolute atomic E-state index is 13.3. The molecule has 2 heterocycles. The first kappa shape index (κ1) is 22.7. The Morgan fingerprint density at radius 1 is 1.12 bits per heavy atom. The molecule has 0 saturated heterocycles. The van der Waals surface area contributed by atoms with E-state index in [9.17, 15) is 18.0 Å². The molecule has 0 unspecified atom stereocenters. The van der Waals surface area contributed by atoms with Crippen molar-refractivity contribution in [2.45, 2.75) is 13.1 Å². The zero-order chi connectivity index (χ0) is 23.6. The summed E-state index contributed by atoms with van der Waals surface area (Å²) in [6.45, 7) is 1.71. The Morgan fingerprint density at radius 3 is 2.48 bits per heavy atom. The van der Waals surface area contributed by atoms with Crippen molar-refractivity contribution in [1.29, 1.82) is 0 Å². The summed E-state index contributed by atoms with van der Waals surface area (Å²) in [4.78, 5) is 16.7. The van der Waals surface area contributed by atoms with Crippen LogP contribution in [-0.2, 0) is 6.18 Å². The monoisotopic (exact) mass is 489 g/mol. The number of benzene rings is 2. The van der Waals surface area contributed by atoms with Gasteiger partial charge in [0, 0.05) is 16.0 Å². The number of hydrogen-bond acceptors (Lipinski definition) is 5. The third-order valence-electron chi connectivity index (χ3n) is 4.56. The summed E-state index contributed by atoms with van der Waals surface area (Å²) in [5, 5.41) is 9.87. The molecule has 0 radical (unpaired) electrons. The highest BCUT2D eigenvalue weighted by Gasteiger charge is 2.35. The quantitative estimate of drug-likeness (QED) is 0.283. The van der Waals surface area contributed by atoms with Gasteiger partial charge in [-0.3, -0.25) is 4.79 Å². The number of carbonyl (C=O) groups excluding carboxylic acids is 1. The predicted molar refractivity (Wildman–Crippen MR) is 121 cm³/mol. The van der Waals surface area contributed by atoms with E-state index in [2.05, 4.69) is 20.6 Å². The van der Waals surface area contributed by atoms with Crippen LogP contribution in [0.25, 0.3) is 16.4 Å². The van der Waals surface area contributed by atoms with Gasteiger partial charge < -0.3 is 0 Å². The van der Waals surface area contributed by atoms with E-state index in [1.165, 1.54) is 5.38 Å². The number of halogens is 4. The van der Waals surface area contributed by atoms with Crippen LogP contribution in [0, 0.1) is 0 Å². The second-order valence-electron chi connectivity index (χ2n) is 6.85. The lowest BCUT2D eigenvalue weighted by Crippen LogP contribution is -2.20. The molecular formula is C22H15ClF3N5OS. The highest BCUT2D eigenvalue weighted by molar-refractivity contribution is 7.12. The van der Waals surface area contributed by atoms with E-state index in [1.54, 1.807) is 61.5 Å². The van der Waals surface area contributed by atoms with Gasteiger partial charge in [0.25, 0.3) is 5.91 Å². The van der Waals surface area contributed by atoms with Gasteiger partial charge in [0.1, 0.15) is 5.69 Å². The van der Waals surface area contributed by atoms with Crippen LogP contribution < -0.4 is 5.43 Å². The lowest BCUT2D eigenvalue weighted by Gasteiger charge is -2.04. The van der Waals surface area contributed by atoms with Crippen LogP contribution in [0.5, 0.6) is 0 Å². The molecule has 6 nitrogen and oxygen atoms in total. The van der Waals surface area contributed by atoms with Crippen LogP contribution in [0.1, 0.15) is 28.7 Å². The van der Waals surface area contributed by atoms with E-state index >= 15 is 0 Å². The van der Waals surface area contributed by atoms with E-state index in [0.29, 0.717) is 16.3 Å². The Kier molecular flexibility index (Phi) is 6.30. The first-order valence-corrected chi connectivity index (χ1v) is 10.8. The lowest BCUT2D eigenvalue weighted by atomic mass is 10.1. The normalized spacial score (nSPS) is 12.1. The van der Waals surface area contributed by atoms with Gasteiger partial charge in [-0.2, -0.15) is 23.4 Å². The fraction of sp³-hybridized carbons (Fsp3) is 0.0909. The van der Waals surface area contributed by atoms with Gasteiger partial charge in [-0.15, -0.1) is 11.3 Å². The largest absolute Gasteiger partial charge is 0.435 e. The van der Waals surface area contributed by atoms with E-state index in [-0.39, 0.29) is 16.5 Å². The van der Waals surface area contributed by atoms with Gasteiger partial charge in [0.05, 0.1) is 11.4 Å². The minimum absolute atomic E-state index is 0.00530. The summed E-state index contributed by atoms with van der Waals surface area (Å²) in [6.07, 6.45) is -4.62. The van der Waals surface area contributed by atoms with Crippen LogP contribution in [0.2, 0.25) is 5.02 Å². The summed E-state index contributed by atoms with van der Waals surface area (Å²) >= 11 is 6.86.